The molecule has 3 heteroatoms. The minimum Gasteiger partial charge on any atom is -0.398 e. The first kappa shape index (κ1) is 11.4. The van der Waals surface area contributed by atoms with Crippen LogP contribution in [0.15, 0.2) is 16.6 Å². The van der Waals surface area contributed by atoms with E-state index in [0.29, 0.717) is 10.2 Å². The zero-order valence-electron chi connectivity index (χ0n) is 7.49. The fraction of sp³-hybridized carbons (Fsp3) is 0.333. The molecule has 0 saturated carbocycles. The highest BCUT2D eigenvalue weighted by Crippen LogP contribution is 2.21. The summed E-state index contributed by atoms with van der Waals surface area (Å²) in [6, 6.07) is 2.96. The Morgan fingerprint density at radius 3 is 2.25 bits per heavy atom. The molecule has 0 aliphatic rings. The topological polar surface area (TPSA) is 26.0 Å². The zero-order chi connectivity index (χ0) is 9.72. The van der Waals surface area contributed by atoms with E-state index in [4.69, 9.17) is 5.73 Å². The number of benzene rings is 1. The molecule has 0 amide bonds. The number of hydrogen-bond donors (Lipinski definition) is 1. The Morgan fingerprint density at radius 1 is 1.33 bits per heavy atom. The van der Waals surface area contributed by atoms with Gasteiger partial charge in [-0.05, 0) is 40.5 Å². The highest BCUT2D eigenvalue weighted by Gasteiger charge is 2.00. The van der Waals surface area contributed by atoms with Crippen molar-refractivity contribution in [1.29, 1.82) is 0 Å². The number of halogens is 2. The lowest BCUT2D eigenvalue weighted by Crippen LogP contribution is -1.90. The van der Waals surface area contributed by atoms with Gasteiger partial charge in [-0.15, -0.1) is 0 Å². The van der Waals surface area contributed by atoms with Crippen LogP contribution in [0.4, 0.5) is 10.1 Å². The van der Waals surface area contributed by atoms with Crippen LogP contribution in [0.25, 0.3) is 0 Å². The Balaban J connectivity index is 0.000000561. The van der Waals surface area contributed by atoms with Gasteiger partial charge in [-0.25, -0.2) is 4.39 Å². The zero-order valence-corrected chi connectivity index (χ0v) is 9.07. The Kier molecular flexibility index (Phi) is 4.90. The van der Waals surface area contributed by atoms with E-state index in [1.165, 1.54) is 6.07 Å². The largest absolute Gasteiger partial charge is 0.398 e. The van der Waals surface area contributed by atoms with Crippen LogP contribution in [0, 0.1) is 12.7 Å². The molecular formula is C9H13BrFN. The van der Waals surface area contributed by atoms with Crippen LogP contribution in [0.2, 0.25) is 0 Å². The van der Waals surface area contributed by atoms with Crippen molar-refractivity contribution >= 4 is 21.6 Å². The van der Waals surface area contributed by atoms with Gasteiger partial charge in [0.25, 0.3) is 0 Å². The van der Waals surface area contributed by atoms with Gasteiger partial charge < -0.3 is 5.73 Å². The van der Waals surface area contributed by atoms with E-state index in [-0.39, 0.29) is 5.82 Å². The molecule has 0 heterocycles. The second-order valence-electron chi connectivity index (χ2n) is 2.12. The van der Waals surface area contributed by atoms with Crippen LogP contribution in [0.5, 0.6) is 0 Å². The summed E-state index contributed by atoms with van der Waals surface area (Å²) in [6.07, 6.45) is 0. The average molecular weight is 234 g/mol. The molecule has 12 heavy (non-hydrogen) atoms. The molecule has 0 saturated heterocycles. The molecule has 1 rings (SSSR count). The van der Waals surface area contributed by atoms with Gasteiger partial charge >= 0.3 is 0 Å². The molecule has 1 aromatic rings. The number of nitrogens with two attached hydrogens (primary N) is 1. The van der Waals surface area contributed by atoms with Crippen molar-refractivity contribution in [2.45, 2.75) is 20.8 Å². The van der Waals surface area contributed by atoms with E-state index < -0.39 is 0 Å². The molecule has 0 aliphatic carbocycles. The third-order valence-electron chi connectivity index (χ3n) is 1.31. The molecule has 1 aromatic carbocycles. The first-order valence-corrected chi connectivity index (χ1v) is 4.61. The van der Waals surface area contributed by atoms with Gasteiger partial charge in [0.2, 0.25) is 0 Å². The number of anilines is 1. The molecule has 0 fully saturated rings. The van der Waals surface area contributed by atoms with E-state index in [2.05, 4.69) is 15.9 Å². The average Bonchev–Trinajstić information content (AvgIpc) is 2.05. The van der Waals surface area contributed by atoms with Gasteiger partial charge in [0.05, 0.1) is 4.47 Å². The molecule has 68 valence electrons. The van der Waals surface area contributed by atoms with E-state index in [1.54, 1.807) is 6.07 Å². The van der Waals surface area contributed by atoms with Crippen LogP contribution < -0.4 is 5.73 Å². The molecule has 0 spiro atoms. The maximum absolute atomic E-state index is 12.6. The molecule has 0 bridgehead atoms. The van der Waals surface area contributed by atoms with Crippen LogP contribution in [0.3, 0.4) is 0 Å². The van der Waals surface area contributed by atoms with E-state index >= 15 is 0 Å². The summed E-state index contributed by atoms with van der Waals surface area (Å²) in [4.78, 5) is 0. The Bertz CT molecular complexity index is 211. The predicted octanol–water partition coefficient (Wildman–Crippen LogP) is 3.51. The van der Waals surface area contributed by atoms with Crippen molar-refractivity contribution in [3.63, 3.8) is 0 Å². The highest BCUT2D eigenvalue weighted by atomic mass is 79.9. The van der Waals surface area contributed by atoms with Crippen LogP contribution in [-0.2, 0) is 0 Å². The van der Waals surface area contributed by atoms with Crippen LogP contribution in [0.1, 0.15) is 19.4 Å². The fourth-order valence-corrected chi connectivity index (χ4v) is 1.12. The lowest BCUT2D eigenvalue weighted by molar-refractivity contribution is 0.621. The first-order chi connectivity index (χ1) is 5.61. The smallest absolute Gasteiger partial charge is 0.139 e. The lowest BCUT2D eigenvalue weighted by atomic mass is 10.2. The molecule has 0 atom stereocenters. The van der Waals surface area contributed by atoms with E-state index in [0.717, 1.165) is 5.56 Å². The summed E-state index contributed by atoms with van der Waals surface area (Å²) in [7, 11) is 0. The van der Waals surface area contributed by atoms with Gasteiger partial charge in [-0.1, -0.05) is 13.8 Å². The van der Waals surface area contributed by atoms with Gasteiger partial charge in [0.1, 0.15) is 5.82 Å². The molecular weight excluding hydrogens is 221 g/mol. The number of rotatable bonds is 0. The Labute approximate surface area is 80.9 Å². The van der Waals surface area contributed by atoms with E-state index in [1.807, 2.05) is 20.8 Å². The minimum atomic E-state index is -0.317. The summed E-state index contributed by atoms with van der Waals surface area (Å²) in [6.45, 7) is 5.83. The van der Waals surface area contributed by atoms with Gasteiger partial charge in [-0.2, -0.15) is 0 Å². The van der Waals surface area contributed by atoms with Crippen LogP contribution in [-0.4, -0.2) is 0 Å². The summed E-state index contributed by atoms with van der Waals surface area (Å²) >= 11 is 3.05. The van der Waals surface area contributed by atoms with Crippen LogP contribution >= 0.6 is 15.9 Å². The molecule has 0 radical (unpaired) electrons. The molecule has 2 N–H and O–H groups in total. The fourth-order valence-electron chi connectivity index (χ4n) is 0.662. The molecule has 0 aromatic heterocycles. The maximum Gasteiger partial charge on any atom is 0.139 e. The summed E-state index contributed by atoms with van der Waals surface area (Å²) in [5.41, 5.74) is 6.80. The highest BCUT2D eigenvalue weighted by molar-refractivity contribution is 9.10. The SMILES string of the molecule is CC.Cc1cc(Br)c(F)cc1N. The minimum absolute atomic E-state index is 0.317. The van der Waals surface area contributed by atoms with Crippen molar-refractivity contribution < 1.29 is 4.39 Å². The van der Waals surface area contributed by atoms with Crippen molar-refractivity contribution in [2.75, 3.05) is 5.73 Å². The second-order valence-corrected chi connectivity index (χ2v) is 2.98. The van der Waals surface area contributed by atoms with Gasteiger partial charge in [0.15, 0.2) is 0 Å². The molecule has 0 aliphatic heterocycles. The van der Waals surface area contributed by atoms with Crippen molar-refractivity contribution in [1.82, 2.24) is 0 Å². The first-order valence-electron chi connectivity index (χ1n) is 3.82. The molecule has 0 unspecified atom stereocenters. The number of nitrogen functional groups attached to an aromatic ring is 1. The monoisotopic (exact) mass is 233 g/mol. The van der Waals surface area contributed by atoms with Crippen molar-refractivity contribution in [2.24, 2.45) is 0 Å². The summed E-state index contributed by atoms with van der Waals surface area (Å²) in [5, 5.41) is 0. The number of aryl methyl sites for hydroxylation is 1. The van der Waals surface area contributed by atoms with Crippen molar-refractivity contribution in [3.8, 4) is 0 Å². The molecule has 1 nitrogen and oxygen atoms in total. The third-order valence-corrected chi connectivity index (χ3v) is 1.92. The summed E-state index contributed by atoms with van der Waals surface area (Å²) in [5.74, 6) is -0.317. The standard InChI is InChI=1S/C7H7BrFN.C2H6/c1-4-2-5(8)6(9)3-7(4)10;1-2/h2-3H,10H2,1H3;1-2H3. The summed E-state index contributed by atoms with van der Waals surface area (Å²) < 4.78 is 13.1. The van der Waals surface area contributed by atoms with E-state index in [9.17, 15) is 4.39 Å². The van der Waals surface area contributed by atoms with Gasteiger partial charge in [0, 0.05) is 5.69 Å². The third kappa shape index (κ3) is 2.81. The second kappa shape index (κ2) is 5.14. The predicted molar refractivity (Wildman–Crippen MR) is 54.6 cm³/mol. The normalized spacial score (nSPS) is 8.75. The van der Waals surface area contributed by atoms with Gasteiger partial charge in [-0.3, -0.25) is 0 Å². The number of hydrogen-bond acceptors (Lipinski definition) is 1. The Morgan fingerprint density at radius 2 is 1.83 bits per heavy atom. The quantitative estimate of drug-likeness (QED) is 0.683. The lowest BCUT2D eigenvalue weighted by Gasteiger charge is -2.00. The maximum atomic E-state index is 12.6. The van der Waals surface area contributed by atoms with Crippen molar-refractivity contribution in [3.05, 3.63) is 28.0 Å². The Hall–Kier alpha value is -0.570.